The molecule has 1 fully saturated rings. The van der Waals surface area contributed by atoms with Crippen LogP contribution < -0.4 is 11.1 Å². The lowest BCUT2D eigenvalue weighted by molar-refractivity contribution is -0.118. The first kappa shape index (κ1) is 18.3. The number of nitrogens with two attached hydrogens (primary N) is 1. The quantitative estimate of drug-likeness (QED) is 0.779. The van der Waals surface area contributed by atoms with Gasteiger partial charge in [0.1, 0.15) is 0 Å². The first-order valence-corrected chi connectivity index (χ1v) is 7.62. The molecule has 1 saturated carbocycles. The molecule has 8 nitrogen and oxygen atoms in total. The van der Waals surface area contributed by atoms with E-state index in [1.54, 1.807) is 7.11 Å². The Labute approximate surface area is 146 Å². The van der Waals surface area contributed by atoms with Crippen LogP contribution in [0.4, 0.5) is 5.69 Å². The van der Waals surface area contributed by atoms with Crippen molar-refractivity contribution in [2.24, 2.45) is 5.73 Å². The molecule has 9 heteroatoms. The van der Waals surface area contributed by atoms with Gasteiger partial charge in [0.25, 0.3) is 0 Å². The molecule has 1 atom stereocenters. The lowest BCUT2D eigenvalue weighted by atomic mass is 10.1. The highest BCUT2D eigenvalue weighted by atomic mass is 35.5. The first-order valence-electron chi connectivity index (χ1n) is 7.62. The van der Waals surface area contributed by atoms with Gasteiger partial charge in [0, 0.05) is 24.9 Å². The fourth-order valence-electron chi connectivity index (χ4n) is 2.37. The number of rotatable bonds is 7. The second-order valence-corrected chi connectivity index (χ2v) is 5.60. The van der Waals surface area contributed by atoms with Crippen molar-refractivity contribution in [3.8, 4) is 11.4 Å². The molecule has 1 aromatic heterocycles. The van der Waals surface area contributed by atoms with Gasteiger partial charge in [0.05, 0.1) is 18.6 Å². The number of nitrogens with one attached hydrogen (secondary N) is 1. The van der Waals surface area contributed by atoms with Gasteiger partial charge in [-0.1, -0.05) is 12.1 Å². The van der Waals surface area contributed by atoms with E-state index in [4.69, 9.17) is 10.5 Å². The maximum atomic E-state index is 12.0. The first-order chi connectivity index (χ1) is 11.2. The summed E-state index contributed by atoms with van der Waals surface area (Å²) in [5.74, 6) is 0.585. The summed E-state index contributed by atoms with van der Waals surface area (Å²) in [6, 6.07) is 7.89. The normalized spacial score (nSPS) is 14.8. The molecule has 0 aliphatic heterocycles. The summed E-state index contributed by atoms with van der Waals surface area (Å²) < 4.78 is 6.97. The maximum absolute atomic E-state index is 12.0. The lowest BCUT2D eigenvalue weighted by Crippen LogP contribution is -2.28. The fourth-order valence-corrected chi connectivity index (χ4v) is 2.37. The number of hydrogen-bond donors (Lipinski definition) is 2. The Balaban J connectivity index is 0.00000208. The van der Waals surface area contributed by atoms with Gasteiger partial charge in [-0.15, -0.1) is 17.5 Å². The molecule has 0 radical (unpaired) electrons. The van der Waals surface area contributed by atoms with Gasteiger partial charge in [-0.05, 0) is 35.4 Å². The average molecular weight is 353 g/mol. The van der Waals surface area contributed by atoms with Crippen molar-refractivity contribution in [3.63, 3.8) is 0 Å². The number of carbonyl (C=O) groups excluding carboxylic acids is 1. The summed E-state index contributed by atoms with van der Waals surface area (Å²) in [5.41, 5.74) is 7.11. The van der Waals surface area contributed by atoms with E-state index in [1.807, 2.05) is 28.9 Å². The molecule has 1 amide bonds. The molecule has 1 aliphatic rings. The Bertz CT molecular complexity index is 684. The Hall–Kier alpha value is -2.03. The molecule has 130 valence electrons. The fraction of sp³-hybridized carbons (Fsp3) is 0.467. The highest BCUT2D eigenvalue weighted by molar-refractivity contribution is 5.91. The third-order valence-electron chi connectivity index (χ3n) is 3.80. The van der Waals surface area contributed by atoms with E-state index in [1.165, 1.54) is 0 Å². The molecule has 1 aliphatic carbocycles. The molecule has 0 spiro atoms. The zero-order valence-corrected chi connectivity index (χ0v) is 14.2. The number of anilines is 1. The van der Waals surface area contributed by atoms with Gasteiger partial charge in [-0.3, -0.25) is 4.79 Å². The highest BCUT2D eigenvalue weighted by Gasteiger charge is 2.28. The number of hydrogen-bond acceptors (Lipinski definition) is 6. The number of ether oxygens (including phenoxy) is 1. The van der Waals surface area contributed by atoms with E-state index in [0.29, 0.717) is 18.3 Å². The third-order valence-corrected chi connectivity index (χ3v) is 3.80. The molecule has 1 heterocycles. The maximum Gasteiger partial charge on any atom is 0.227 e. The summed E-state index contributed by atoms with van der Waals surface area (Å²) in [7, 11) is 1.54. The second kappa shape index (κ2) is 8.18. The smallest absolute Gasteiger partial charge is 0.227 e. The van der Waals surface area contributed by atoms with Crippen molar-refractivity contribution in [1.82, 2.24) is 20.2 Å². The standard InChI is InChI=1S/C15H20N6O2.ClH/c1-23-13(9-16)8-14(22)17-11-4-2-3-10(7-11)15-18-19-20-21(15)12-5-6-12;/h2-4,7,12-13H,5-6,8-9,16H2,1H3,(H,17,22);1H. The van der Waals surface area contributed by atoms with E-state index < -0.39 is 0 Å². The van der Waals surface area contributed by atoms with Crippen LogP contribution in [-0.2, 0) is 9.53 Å². The van der Waals surface area contributed by atoms with Crippen molar-refractivity contribution < 1.29 is 9.53 Å². The molecular weight excluding hydrogens is 332 g/mol. The molecule has 24 heavy (non-hydrogen) atoms. The molecule has 0 saturated heterocycles. The van der Waals surface area contributed by atoms with Crippen LogP contribution in [0.3, 0.4) is 0 Å². The monoisotopic (exact) mass is 352 g/mol. The number of aromatic nitrogens is 4. The van der Waals surface area contributed by atoms with Crippen LogP contribution in [0.1, 0.15) is 25.3 Å². The van der Waals surface area contributed by atoms with Crippen molar-refractivity contribution >= 4 is 24.0 Å². The zero-order valence-electron chi connectivity index (χ0n) is 13.4. The lowest BCUT2D eigenvalue weighted by Gasteiger charge is -2.13. The summed E-state index contributed by atoms with van der Waals surface area (Å²) in [4.78, 5) is 12.0. The van der Waals surface area contributed by atoms with Crippen LogP contribution in [0.15, 0.2) is 24.3 Å². The SMILES string of the molecule is COC(CN)CC(=O)Nc1cccc(-c2nnnn2C2CC2)c1.Cl. The van der Waals surface area contributed by atoms with Crippen LogP contribution in [0.25, 0.3) is 11.4 Å². The van der Waals surface area contributed by atoms with E-state index in [2.05, 4.69) is 20.8 Å². The van der Waals surface area contributed by atoms with E-state index in [-0.39, 0.29) is 30.8 Å². The minimum atomic E-state index is -0.277. The average Bonchev–Trinajstić information content (AvgIpc) is 3.29. The molecular formula is C15H21ClN6O2. The minimum absolute atomic E-state index is 0. The summed E-state index contributed by atoms with van der Waals surface area (Å²) >= 11 is 0. The summed E-state index contributed by atoms with van der Waals surface area (Å²) in [5, 5.41) is 14.8. The molecule has 3 N–H and O–H groups in total. The Morgan fingerprint density at radius 3 is 2.96 bits per heavy atom. The van der Waals surface area contributed by atoms with Crippen LogP contribution >= 0.6 is 12.4 Å². The second-order valence-electron chi connectivity index (χ2n) is 5.60. The summed E-state index contributed by atoms with van der Waals surface area (Å²) in [6.45, 7) is 0.306. The highest BCUT2D eigenvalue weighted by Crippen LogP contribution is 2.36. The zero-order chi connectivity index (χ0) is 16.2. The van der Waals surface area contributed by atoms with E-state index in [9.17, 15) is 4.79 Å². The van der Waals surface area contributed by atoms with Crippen LogP contribution in [-0.4, -0.2) is 45.9 Å². The van der Waals surface area contributed by atoms with Gasteiger partial charge in [-0.2, -0.15) is 0 Å². The molecule has 3 rings (SSSR count). The number of nitrogens with zero attached hydrogens (tertiary/aromatic N) is 4. The molecule has 0 bridgehead atoms. The van der Waals surface area contributed by atoms with Gasteiger partial charge >= 0.3 is 0 Å². The van der Waals surface area contributed by atoms with Crippen molar-refractivity contribution in [3.05, 3.63) is 24.3 Å². The molecule has 1 aromatic carbocycles. The van der Waals surface area contributed by atoms with E-state index in [0.717, 1.165) is 24.2 Å². The van der Waals surface area contributed by atoms with Crippen LogP contribution in [0.5, 0.6) is 0 Å². The van der Waals surface area contributed by atoms with Crippen molar-refractivity contribution in [1.29, 1.82) is 0 Å². The number of methoxy groups -OCH3 is 1. The predicted octanol–water partition coefficient (Wildman–Crippen LogP) is 1.40. The minimum Gasteiger partial charge on any atom is -0.380 e. The van der Waals surface area contributed by atoms with Crippen molar-refractivity contribution in [2.45, 2.75) is 31.4 Å². The molecule has 2 aromatic rings. The number of carbonyl (C=O) groups is 1. The Kier molecular flexibility index (Phi) is 6.24. The number of amides is 1. The number of tetrazole rings is 1. The largest absolute Gasteiger partial charge is 0.380 e. The Morgan fingerprint density at radius 1 is 1.50 bits per heavy atom. The summed E-state index contributed by atoms with van der Waals surface area (Å²) in [6.07, 6.45) is 2.15. The Morgan fingerprint density at radius 2 is 2.29 bits per heavy atom. The molecule has 1 unspecified atom stereocenters. The van der Waals surface area contributed by atoms with Gasteiger partial charge in [-0.25, -0.2) is 4.68 Å². The predicted molar refractivity (Wildman–Crippen MR) is 91.9 cm³/mol. The van der Waals surface area contributed by atoms with Gasteiger partial charge < -0.3 is 15.8 Å². The van der Waals surface area contributed by atoms with Crippen LogP contribution in [0.2, 0.25) is 0 Å². The van der Waals surface area contributed by atoms with Gasteiger partial charge in [0.15, 0.2) is 5.82 Å². The number of benzene rings is 1. The topological polar surface area (TPSA) is 108 Å². The van der Waals surface area contributed by atoms with E-state index >= 15 is 0 Å². The van der Waals surface area contributed by atoms with Crippen LogP contribution in [0, 0.1) is 0 Å². The van der Waals surface area contributed by atoms with Crippen molar-refractivity contribution in [2.75, 3.05) is 19.0 Å². The number of halogens is 1. The van der Waals surface area contributed by atoms with Gasteiger partial charge in [0.2, 0.25) is 5.91 Å². The third kappa shape index (κ3) is 4.28.